The number of rotatable bonds is 25. The summed E-state index contributed by atoms with van der Waals surface area (Å²) in [7, 11) is 1.59. The molecule has 5 aromatic rings. The Bertz CT molecular complexity index is 4250. The summed E-state index contributed by atoms with van der Waals surface area (Å²) in [4.78, 5) is 238. The van der Waals surface area contributed by atoms with Crippen molar-refractivity contribution in [2.45, 2.75) is 185 Å². The number of aliphatic carboxylic acids is 2. The molecule has 1 aliphatic rings. The molecule has 1 aliphatic heterocycles. The van der Waals surface area contributed by atoms with E-state index < -0.39 is 228 Å². The number of carboxylic acid groups (broad SMARTS) is 2. The van der Waals surface area contributed by atoms with Gasteiger partial charge in [-0.3, -0.25) is 77.3 Å². The number of para-hydroxylation sites is 2. The molecule has 0 unspecified atom stereocenters. The quantitative estimate of drug-likeness (QED) is 0.0114. The van der Waals surface area contributed by atoms with E-state index in [2.05, 4.69) is 94.4 Å². The Balaban J connectivity index is 1.47. The van der Waals surface area contributed by atoms with Crippen molar-refractivity contribution in [3.63, 3.8) is 0 Å². The van der Waals surface area contributed by atoms with Crippen LogP contribution in [-0.4, -0.2) is 239 Å². The number of aromatic nitrogens is 4. The highest BCUT2D eigenvalue weighted by molar-refractivity contribution is 8.76. The molecule has 3 aromatic heterocycles. The zero-order valence-electron chi connectivity index (χ0n) is 63.1. The third-order valence-electron chi connectivity index (χ3n) is 18.2. The van der Waals surface area contributed by atoms with Gasteiger partial charge < -0.3 is 116 Å². The van der Waals surface area contributed by atoms with Gasteiger partial charge in [-0.1, -0.05) is 92.1 Å². The summed E-state index contributed by atoms with van der Waals surface area (Å²) in [6.07, 6.45) is 0.607. The second-order valence-corrected chi connectivity index (χ2v) is 30.0. The fraction of sp³-hybridized carbons (Fsp3) is 0.493. The standard InChI is InChI=1S/C71H99N21O19S2/c1-8-34(4)57(82-37(7)94)69(109)90-52-31-113-112-30-51(67(107)92-58(36(6)93)70(110)111)89-61(101)45(18-13-21-76-71(73)74)83-64(104)49(24-40-28-75-32-80-40)85-59(99)35(5)81-54(96)29-79-60(100)47(22-38-26-77-43-16-11-9-14-41(38)43)86-65(105)50(25-55(97)98)87-62(102)46(19-20-53(72)95)84-63(103)48(88-68(108)56(33(2)3)91-66(52)106)23-39-27-78-44-17-12-10-15-42(39)44/h9-12,14-17,26-28,32-36,45-52,56-58,77-78,93H,8,13,18-25,29-31H2,1-7H3,(H2,72,95)(H,75,80)(H,79,100)(H,81,96)(H,82,94)(H,83,104)(H,84,103)(H,85,99)(H,86,105)(H,87,102)(H,88,108)(H,89,101)(H,90,109)(H,91,106)(H,92,107)(H,97,98)(H,110,111)(H4,73,74,76)/t34-,35-,36+,45-,46-,47-,48-,49-,50-,51-,52-,56+,57-,58-/m0/s1. The van der Waals surface area contributed by atoms with Crippen molar-refractivity contribution < 1.29 is 92.0 Å². The molecule has 0 spiro atoms. The zero-order valence-corrected chi connectivity index (χ0v) is 64.7. The molecule has 1 fully saturated rings. The maximum atomic E-state index is 15.1. The summed E-state index contributed by atoms with van der Waals surface area (Å²) in [6.45, 7) is 8.95. The van der Waals surface area contributed by atoms with Gasteiger partial charge in [-0.25, -0.2) is 9.78 Å². The van der Waals surface area contributed by atoms with Crippen LogP contribution in [0.1, 0.15) is 104 Å². The van der Waals surface area contributed by atoms with Crippen molar-refractivity contribution in [3.05, 3.63) is 90.3 Å². The van der Waals surface area contributed by atoms with Gasteiger partial charge in [0.05, 0.1) is 31.1 Å². The molecule has 40 nitrogen and oxygen atoms in total. The van der Waals surface area contributed by atoms with E-state index >= 15 is 14.4 Å². The molecule has 14 atom stereocenters. The first-order valence-corrected chi connectivity index (χ1v) is 38.7. The Hall–Kier alpha value is -11.8. The minimum atomic E-state index is -2.06. The summed E-state index contributed by atoms with van der Waals surface area (Å²) >= 11 is 0. The van der Waals surface area contributed by atoms with Crippen molar-refractivity contribution in [2.24, 2.45) is 23.3 Å². The van der Waals surface area contributed by atoms with Crippen LogP contribution < -0.4 is 85.9 Å². The van der Waals surface area contributed by atoms with Crippen LogP contribution in [0.5, 0.6) is 0 Å². The highest BCUT2D eigenvalue weighted by Crippen LogP contribution is 2.26. The molecule has 2 aromatic carbocycles. The van der Waals surface area contributed by atoms with E-state index in [1.54, 1.807) is 68.6 Å². The number of carboxylic acids is 2. The topological polar surface area (TPSA) is 638 Å². The van der Waals surface area contributed by atoms with Crippen molar-refractivity contribution in [1.29, 1.82) is 5.41 Å². The molecule has 6 rings (SSSR count). The first-order chi connectivity index (χ1) is 53.5. The number of imidazole rings is 1. The fourth-order valence-electron chi connectivity index (χ4n) is 11.8. The minimum Gasteiger partial charge on any atom is -0.481 e. The molecule has 0 radical (unpaired) electrons. The van der Waals surface area contributed by atoms with Crippen LogP contribution in [0.4, 0.5) is 0 Å². The zero-order chi connectivity index (χ0) is 83.3. The van der Waals surface area contributed by atoms with Crippen LogP contribution in [0, 0.1) is 17.2 Å². The van der Waals surface area contributed by atoms with Crippen LogP contribution in [0.2, 0.25) is 0 Å². The second kappa shape index (κ2) is 43.7. The van der Waals surface area contributed by atoms with Gasteiger partial charge in [-0.15, -0.1) is 0 Å². The number of nitrogens with one attached hydrogen (secondary N) is 18. The summed E-state index contributed by atoms with van der Waals surface area (Å²) in [5.74, 6) is -20.7. The Morgan fingerprint density at radius 2 is 1.15 bits per heavy atom. The number of benzene rings is 2. The van der Waals surface area contributed by atoms with Gasteiger partial charge in [-0.2, -0.15) is 0 Å². The van der Waals surface area contributed by atoms with E-state index in [1.165, 1.54) is 46.4 Å². The number of nitrogens with zero attached hydrogens (tertiary/aromatic N) is 1. The Labute approximate surface area is 655 Å². The van der Waals surface area contributed by atoms with E-state index in [0.29, 0.717) is 39.4 Å². The molecule has 4 heterocycles. The lowest BCUT2D eigenvalue weighted by Gasteiger charge is -2.29. The van der Waals surface area contributed by atoms with Gasteiger partial charge in [-0.05, 0) is 68.2 Å². The normalized spacial score (nSPS) is 22.7. The molecule has 0 aliphatic carbocycles. The van der Waals surface area contributed by atoms with Crippen molar-refractivity contribution in [2.75, 3.05) is 24.6 Å². The van der Waals surface area contributed by atoms with E-state index in [9.17, 15) is 77.6 Å². The number of primary amides is 1. The second-order valence-electron chi connectivity index (χ2n) is 27.4. The van der Waals surface area contributed by atoms with Gasteiger partial charge in [0.15, 0.2) is 12.0 Å². The minimum absolute atomic E-state index is 0.0204. The first-order valence-electron chi connectivity index (χ1n) is 36.2. The molecule has 0 saturated carbocycles. The van der Waals surface area contributed by atoms with Gasteiger partial charge >= 0.3 is 11.9 Å². The van der Waals surface area contributed by atoms with Crippen LogP contribution in [0.25, 0.3) is 21.8 Å². The average Bonchev–Trinajstić information content (AvgIpc) is 1.73. The van der Waals surface area contributed by atoms with Crippen LogP contribution in [0.3, 0.4) is 0 Å². The van der Waals surface area contributed by atoms with E-state index in [0.717, 1.165) is 28.5 Å². The number of carbonyl (C=O) groups is 16. The van der Waals surface area contributed by atoms with E-state index in [-0.39, 0.29) is 44.3 Å². The number of aliphatic hydroxyl groups is 1. The highest BCUT2D eigenvalue weighted by atomic mass is 33.1. The number of nitrogens with two attached hydrogens (primary N) is 2. The smallest absolute Gasteiger partial charge is 0.328 e. The molecule has 0 bridgehead atoms. The lowest BCUT2D eigenvalue weighted by molar-refractivity contribution is -0.145. The van der Waals surface area contributed by atoms with Crippen molar-refractivity contribution in [3.8, 4) is 0 Å². The van der Waals surface area contributed by atoms with Gasteiger partial charge in [0.1, 0.15) is 66.5 Å². The number of H-pyrrole nitrogens is 3. The molecule has 25 N–H and O–H groups in total. The van der Waals surface area contributed by atoms with E-state index in [1.807, 2.05) is 0 Å². The number of carbonyl (C=O) groups excluding carboxylic acids is 14. The third-order valence-corrected chi connectivity index (χ3v) is 20.6. The largest absolute Gasteiger partial charge is 0.481 e. The molecule has 614 valence electrons. The van der Waals surface area contributed by atoms with Crippen molar-refractivity contribution in [1.82, 2.24) is 94.4 Å². The van der Waals surface area contributed by atoms with Crippen LogP contribution in [-0.2, 0) is 96.0 Å². The number of guanidine groups is 1. The van der Waals surface area contributed by atoms with Crippen molar-refractivity contribution >= 4 is 144 Å². The number of hydrogen-bond acceptors (Lipinski definition) is 21. The average molecular weight is 1610 g/mol. The number of aromatic amines is 3. The molecular weight excluding hydrogens is 1520 g/mol. The molecule has 42 heteroatoms. The first kappa shape index (κ1) is 90.1. The molecule has 113 heavy (non-hydrogen) atoms. The maximum Gasteiger partial charge on any atom is 0.328 e. The number of hydrogen-bond donors (Lipinski definition) is 23. The summed E-state index contributed by atoms with van der Waals surface area (Å²) in [6, 6.07) is -6.66. The van der Waals surface area contributed by atoms with E-state index in [4.69, 9.17) is 16.9 Å². The predicted molar refractivity (Wildman–Crippen MR) is 412 cm³/mol. The Morgan fingerprint density at radius 1 is 0.619 bits per heavy atom. The summed E-state index contributed by atoms with van der Waals surface area (Å²) in [5.41, 5.74) is 13.3. The lowest BCUT2D eigenvalue weighted by Crippen LogP contribution is -2.61. The van der Waals surface area contributed by atoms with Gasteiger partial charge in [0.25, 0.3) is 0 Å². The summed E-state index contributed by atoms with van der Waals surface area (Å²) < 4.78 is 0. The maximum absolute atomic E-state index is 15.1. The monoisotopic (exact) mass is 1610 g/mol. The predicted octanol–water partition coefficient (Wildman–Crippen LogP) is -4.06. The molecule has 14 amide bonds. The lowest BCUT2D eigenvalue weighted by atomic mass is 9.97. The summed E-state index contributed by atoms with van der Waals surface area (Å²) in [5, 5.41) is 74.6. The Morgan fingerprint density at radius 3 is 1.70 bits per heavy atom. The van der Waals surface area contributed by atoms with Crippen LogP contribution >= 0.6 is 21.6 Å². The number of fused-ring (bicyclic) bond motifs is 2. The Kier molecular flexibility index (Phi) is 34.8. The third kappa shape index (κ3) is 28.2. The van der Waals surface area contributed by atoms with Crippen LogP contribution in [0.15, 0.2) is 73.4 Å². The SMILES string of the molecule is CC[C@H](C)[C@H](NC(C)=O)C(=O)N[C@H]1CSSC[C@@H](C(=O)N[C@H](C(=O)O)[C@@H](C)O)NC(=O)[C@H](CCCNC(=N)N)NC(=O)[C@H](Cc2c[nH]cn2)NC(=O)[C@H](C)NC(=O)CNC(=O)[C@H](Cc2c[nH]c3ccccc23)NC(=O)[C@H](CC(=O)O)NC(=O)[C@H](CCC(N)=O)NC(=O)[C@H](Cc2c[nH]c3ccccc23)NC(=O)[C@@H](C(C)C)NC1=O. The number of aliphatic hydroxyl groups excluding tert-OH is 1. The highest BCUT2D eigenvalue weighted by Gasteiger charge is 2.39. The van der Waals surface area contributed by atoms with Gasteiger partial charge in [0.2, 0.25) is 82.7 Å². The molecule has 1 saturated heterocycles. The fourth-order valence-corrected chi connectivity index (χ4v) is 14.1. The van der Waals surface area contributed by atoms with Gasteiger partial charge in [0, 0.05) is 91.1 Å². The number of amides is 14. The molecular formula is C71H99N21O19S2.